The van der Waals surface area contributed by atoms with Gasteiger partial charge in [-0.1, -0.05) is 20.8 Å². The number of hydrogen-bond donors (Lipinski definition) is 1. The largest absolute Gasteiger partial charge is 0.297 e. The topological polar surface area (TPSA) is 46.2 Å². The zero-order valence-electron chi connectivity index (χ0n) is 7.73. The minimum Gasteiger partial charge on any atom is -0.297 e. The van der Waals surface area contributed by atoms with Crippen molar-refractivity contribution in [3.63, 3.8) is 0 Å². The minimum absolute atomic E-state index is 0.190. The molecule has 0 aromatic carbocycles. The van der Waals surface area contributed by atoms with Crippen LogP contribution in [0.5, 0.6) is 0 Å². The summed E-state index contributed by atoms with van der Waals surface area (Å²) in [4.78, 5) is 20.7. The summed E-state index contributed by atoms with van der Waals surface area (Å²) in [5.74, 6) is -0.474. The van der Waals surface area contributed by atoms with Crippen molar-refractivity contribution < 1.29 is 9.59 Å². The Morgan fingerprint density at radius 3 is 2.00 bits per heavy atom. The van der Waals surface area contributed by atoms with Crippen molar-refractivity contribution in [3.8, 4) is 0 Å². The molecule has 0 saturated heterocycles. The van der Waals surface area contributed by atoms with Crippen molar-refractivity contribution >= 4 is 11.8 Å². The fourth-order valence-corrected chi connectivity index (χ4v) is 0.486. The van der Waals surface area contributed by atoms with Crippen LogP contribution in [0.2, 0.25) is 0 Å². The first-order chi connectivity index (χ1) is 5.16. The van der Waals surface area contributed by atoms with Crippen molar-refractivity contribution in [1.29, 1.82) is 0 Å². The summed E-state index contributed by atoms with van der Waals surface area (Å²) in [6, 6.07) is 0. The maximum atomic E-state index is 10.5. The van der Waals surface area contributed by atoms with Crippen LogP contribution in [-0.2, 0) is 9.59 Å². The summed E-state index contributed by atoms with van der Waals surface area (Å²) in [6.45, 7) is 7.22. The second-order valence-corrected chi connectivity index (χ2v) is 1.85. The normalized spacial score (nSPS) is 7.64. The van der Waals surface area contributed by atoms with Crippen LogP contribution in [0, 0.1) is 0 Å². The molecule has 3 heteroatoms. The van der Waals surface area contributed by atoms with E-state index in [9.17, 15) is 9.59 Å². The summed E-state index contributed by atoms with van der Waals surface area (Å²) in [7, 11) is 0. The molecule has 0 aromatic heterocycles. The van der Waals surface area contributed by atoms with Gasteiger partial charge in [0.2, 0.25) is 11.8 Å². The van der Waals surface area contributed by atoms with Gasteiger partial charge in [-0.05, 0) is 6.42 Å². The summed E-state index contributed by atoms with van der Waals surface area (Å²) in [5.41, 5.74) is 0. The molecule has 0 aliphatic heterocycles. The van der Waals surface area contributed by atoms with Crippen molar-refractivity contribution in [1.82, 2.24) is 5.32 Å². The lowest BCUT2D eigenvalue weighted by atomic mass is 10.3. The van der Waals surface area contributed by atoms with E-state index in [0.29, 0.717) is 6.42 Å². The number of carbonyl (C=O) groups is 2. The van der Waals surface area contributed by atoms with Gasteiger partial charge in [0.15, 0.2) is 0 Å². The maximum absolute atomic E-state index is 10.5. The Morgan fingerprint density at radius 1 is 1.27 bits per heavy atom. The van der Waals surface area contributed by atoms with E-state index in [0.717, 1.165) is 6.42 Å². The lowest BCUT2D eigenvalue weighted by Gasteiger charge is -1.95. The smallest absolute Gasteiger partial charge is 0.226 e. The van der Waals surface area contributed by atoms with E-state index < -0.39 is 0 Å². The maximum Gasteiger partial charge on any atom is 0.226 e. The minimum atomic E-state index is -0.284. The standard InChI is InChI=1S/C6H11NO2.C2H6/c1-3-4-6(9)7-5(2)8;1-2/h3-4H2,1-2H3,(H,7,8,9);1-2H3. The molecular formula is C8H17NO2. The van der Waals surface area contributed by atoms with E-state index in [1.165, 1.54) is 6.92 Å². The van der Waals surface area contributed by atoms with Crippen molar-refractivity contribution in [2.24, 2.45) is 0 Å². The first-order valence-corrected chi connectivity index (χ1v) is 3.97. The van der Waals surface area contributed by atoms with Crippen LogP contribution in [0.25, 0.3) is 0 Å². The molecule has 0 rings (SSSR count). The molecule has 0 heterocycles. The quantitative estimate of drug-likeness (QED) is 0.663. The third-order valence-corrected chi connectivity index (χ3v) is 0.793. The third-order valence-electron chi connectivity index (χ3n) is 0.793. The van der Waals surface area contributed by atoms with Crippen LogP contribution < -0.4 is 5.32 Å². The Labute approximate surface area is 68.2 Å². The van der Waals surface area contributed by atoms with Crippen LogP contribution in [0.1, 0.15) is 40.5 Å². The first kappa shape index (κ1) is 12.8. The lowest BCUT2D eigenvalue weighted by molar-refractivity contribution is -0.129. The molecule has 66 valence electrons. The SMILES string of the molecule is CC.CCCC(=O)NC(C)=O. The summed E-state index contributed by atoms with van der Waals surface area (Å²) >= 11 is 0. The lowest BCUT2D eigenvalue weighted by Crippen LogP contribution is -2.27. The van der Waals surface area contributed by atoms with E-state index >= 15 is 0 Å². The predicted octanol–water partition coefficient (Wildman–Crippen LogP) is 1.48. The number of imide groups is 1. The molecule has 0 unspecified atom stereocenters. The van der Waals surface area contributed by atoms with E-state index in [-0.39, 0.29) is 11.8 Å². The molecule has 0 radical (unpaired) electrons. The number of rotatable bonds is 2. The molecule has 0 spiro atoms. The van der Waals surface area contributed by atoms with Crippen molar-refractivity contribution in [3.05, 3.63) is 0 Å². The van der Waals surface area contributed by atoms with Gasteiger partial charge in [0.1, 0.15) is 0 Å². The summed E-state index contributed by atoms with van der Waals surface area (Å²) in [6.07, 6.45) is 1.21. The molecule has 2 amide bonds. The highest BCUT2D eigenvalue weighted by molar-refractivity contribution is 5.93. The zero-order valence-corrected chi connectivity index (χ0v) is 7.73. The Bertz CT molecular complexity index is 121. The fraction of sp³-hybridized carbons (Fsp3) is 0.750. The van der Waals surface area contributed by atoms with E-state index in [1.807, 2.05) is 20.8 Å². The highest BCUT2D eigenvalue weighted by Gasteiger charge is 1.99. The van der Waals surface area contributed by atoms with Crippen molar-refractivity contribution in [2.75, 3.05) is 0 Å². The van der Waals surface area contributed by atoms with E-state index in [4.69, 9.17) is 0 Å². The average Bonchev–Trinajstić information content (AvgIpc) is 1.91. The highest BCUT2D eigenvalue weighted by atomic mass is 16.2. The van der Waals surface area contributed by atoms with Crippen LogP contribution >= 0.6 is 0 Å². The van der Waals surface area contributed by atoms with Crippen LogP contribution in [0.4, 0.5) is 0 Å². The first-order valence-electron chi connectivity index (χ1n) is 3.97. The van der Waals surface area contributed by atoms with Gasteiger partial charge >= 0.3 is 0 Å². The van der Waals surface area contributed by atoms with Gasteiger partial charge in [-0.25, -0.2) is 0 Å². The van der Waals surface area contributed by atoms with Gasteiger partial charge in [0.05, 0.1) is 0 Å². The Hall–Kier alpha value is -0.860. The van der Waals surface area contributed by atoms with Gasteiger partial charge < -0.3 is 0 Å². The van der Waals surface area contributed by atoms with Gasteiger partial charge in [-0.3, -0.25) is 14.9 Å². The summed E-state index contributed by atoms with van der Waals surface area (Å²) < 4.78 is 0. The zero-order chi connectivity index (χ0) is 9.28. The Balaban J connectivity index is 0. The molecule has 1 N–H and O–H groups in total. The number of hydrogen-bond acceptors (Lipinski definition) is 2. The number of amides is 2. The molecule has 11 heavy (non-hydrogen) atoms. The highest BCUT2D eigenvalue weighted by Crippen LogP contribution is 1.84. The van der Waals surface area contributed by atoms with Crippen LogP contribution in [-0.4, -0.2) is 11.8 Å². The van der Waals surface area contributed by atoms with Crippen LogP contribution in [0.3, 0.4) is 0 Å². The number of nitrogens with one attached hydrogen (secondary N) is 1. The predicted molar refractivity (Wildman–Crippen MR) is 45.1 cm³/mol. The number of carbonyl (C=O) groups excluding carboxylic acids is 2. The summed E-state index contributed by atoms with van der Waals surface area (Å²) in [5, 5.41) is 2.17. The van der Waals surface area contributed by atoms with E-state index in [2.05, 4.69) is 5.32 Å². The van der Waals surface area contributed by atoms with E-state index in [1.54, 1.807) is 0 Å². The molecule has 0 bridgehead atoms. The molecular weight excluding hydrogens is 142 g/mol. The van der Waals surface area contributed by atoms with Crippen LogP contribution in [0.15, 0.2) is 0 Å². The Kier molecular flexibility index (Phi) is 10.6. The molecule has 0 saturated carbocycles. The average molecular weight is 159 g/mol. The van der Waals surface area contributed by atoms with Gasteiger partial charge in [-0.15, -0.1) is 0 Å². The van der Waals surface area contributed by atoms with Gasteiger partial charge in [-0.2, -0.15) is 0 Å². The second-order valence-electron chi connectivity index (χ2n) is 1.85. The van der Waals surface area contributed by atoms with Gasteiger partial charge in [0, 0.05) is 13.3 Å². The monoisotopic (exact) mass is 159 g/mol. The second kappa shape index (κ2) is 9.14. The molecule has 3 nitrogen and oxygen atoms in total. The van der Waals surface area contributed by atoms with Crippen molar-refractivity contribution in [2.45, 2.75) is 40.5 Å². The third kappa shape index (κ3) is 12.4. The molecule has 0 atom stereocenters. The molecule has 0 aliphatic carbocycles. The fourth-order valence-electron chi connectivity index (χ4n) is 0.486. The Morgan fingerprint density at radius 2 is 1.73 bits per heavy atom. The van der Waals surface area contributed by atoms with Gasteiger partial charge in [0.25, 0.3) is 0 Å². The molecule has 0 fully saturated rings. The molecule has 0 aromatic rings. The molecule has 0 aliphatic rings.